The summed E-state index contributed by atoms with van der Waals surface area (Å²) in [5.41, 5.74) is 1.29. The summed E-state index contributed by atoms with van der Waals surface area (Å²) in [5.74, 6) is 0. The zero-order chi connectivity index (χ0) is 10.7. The molecule has 0 atom stereocenters. The molecular formula is C10H9Br2N3. The van der Waals surface area contributed by atoms with E-state index in [4.69, 9.17) is 0 Å². The fourth-order valence-corrected chi connectivity index (χ4v) is 1.81. The molecule has 3 nitrogen and oxygen atoms in total. The van der Waals surface area contributed by atoms with E-state index in [9.17, 15) is 0 Å². The highest BCUT2D eigenvalue weighted by Gasteiger charge is 2.04. The number of rotatable bonds is 3. The summed E-state index contributed by atoms with van der Waals surface area (Å²) >= 11 is 6.60. The summed E-state index contributed by atoms with van der Waals surface area (Å²) in [6, 6.07) is 10.3. The van der Waals surface area contributed by atoms with E-state index in [1.165, 1.54) is 5.56 Å². The van der Waals surface area contributed by atoms with E-state index in [1.54, 1.807) is 4.80 Å². The first kappa shape index (κ1) is 10.8. The molecule has 0 aliphatic heterocycles. The van der Waals surface area contributed by atoms with Crippen molar-refractivity contribution >= 4 is 31.9 Å². The Morgan fingerprint density at radius 1 is 1.00 bits per heavy atom. The first-order valence-corrected chi connectivity index (χ1v) is 6.14. The third-order valence-corrected chi connectivity index (χ3v) is 3.62. The average molecular weight is 331 g/mol. The van der Waals surface area contributed by atoms with Gasteiger partial charge in [-0.05, 0) is 43.8 Å². The normalized spacial score (nSPS) is 10.5. The molecule has 0 fully saturated rings. The maximum absolute atomic E-state index is 4.20. The molecule has 0 bridgehead atoms. The van der Waals surface area contributed by atoms with Crippen LogP contribution < -0.4 is 0 Å². The third kappa shape index (κ3) is 2.89. The number of aryl methyl sites for hydroxylation is 2. The maximum atomic E-state index is 4.20. The molecule has 15 heavy (non-hydrogen) atoms. The van der Waals surface area contributed by atoms with Crippen LogP contribution in [0.5, 0.6) is 0 Å². The molecule has 0 spiro atoms. The van der Waals surface area contributed by atoms with Crippen molar-refractivity contribution in [1.29, 1.82) is 0 Å². The van der Waals surface area contributed by atoms with Gasteiger partial charge in [0, 0.05) is 0 Å². The highest BCUT2D eigenvalue weighted by atomic mass is 79.9. The van der Waals surface area contributed by atoms with Crippen molar-refractivity contribution in [2.24, 2.45) is 0 Å². The summed E-state index contributed by atoms with van der Waals surface area (Å²) in [4.78, 5) is 1.68. The van der Waals surface area contributed by atoms with Crippen LogP contribution >= 0.6 is 31.9 Å². The van der Waals surface area contributed by atoms with Crippen molar-refractivity contribution < 1.29 is 0 Å². The maximum Gasteiger partial charge on any atom is 0.162 e. The largest absolute Gasteiger partial charge is 0.182 e. The summed E-state index contributed by atoms with van der Waals surface area (Å²) in [6.07, 6.45) is 0.939. The van der Waals surface area contributed by atoms with Crippen molar-refractivity contribution in [3.8, 4) is 0 Å². The van der Waals surface area contributed by atoms with Gasteiger partial charge in [0.2, 0.25) is 0 Å². The number of benzene rings is 1. The molecule has 0 radical (unpaired) electrons. The number of nitrogens with zero attached hydrogens (tertiary/aromatic N) is 3. The van der Waals surface area contributed by atoms with Crippen LogP contribution in [-0.4, -0.2) is 15.0 Å². The minimum Gasteiger partial charge on any atom is -0.182 e. The molecule has 1 aromatic heterocycles. The van der Waals surface area contributed by atoms with Crippen LogP contribution in [0.2, 0.25) is 0 Å². The van der Waals surface area contributed by atoms with E-state index in [1.807, 2.05) is 18.2 Å². The summed E-state index contributed by atoms with van der Waals surface area (Å²) < 4.78 is 1.49. The van der Waals surface area contributed by atoms with Gasteiger partial charge in [0.05, 0.1) is 6.54 Å². The molecule has 5 heteroatoms. The number of aromatic nitrogens is 3. The lowest BCUT2D eigenvalue weighted by atomic mass is 10.2. The molecule has 0 aliphatic rings. The molecule has 0 N–H and O–H groups in total. The zero-order valence-corrected chi connectivity index (χ0v) is 11.1. The van der Waals surface area contributed by atoms with Gasteiger partial charge >= 0.3 is 0 Å². The highest BCUT2D eigenvalue weighted by molar-refractivity contribution is 9.13. The second kappa shape index (κ2) is 4.90. The van der Waals surface area contributed by atoms with Crippen molar-refractivity contribution in [2.45, 2.75) is 13.0 Å². The van der Waals surface area contributed by atoms with Gasteiger partial charge in [0.1, 0.15) is 0 Å². The lowest BCUT2D eigenvalue weighted by Gasteiger charge is -1.99. The van der Waals surface area contributed by atoms with Gasteiger partial charge in [0.25, 0.3) is 0 Å². The minimum atomic E-state index is 0.746. The molecular weight excluding hydrogens is 322 g/mol. The van der Waals surface area contributed by atoms with E-state index >= 15 is 0 Å². The van der Waals surface area contributed by atoms with E-state index in [0.717, 1.165) is 22.2 Å². The van der Waals surface area contributed by atoms with Gasteiger partial charge in [0.15, 0.2) is 9.21 Å². The van der Waals surface area contributed by atoms with Crippen LogP contribution in [0.4, 0.5) is 0 Å². The monoisotopic (exact) mass is 329 g/mol. The van der Waals surface area contributed by atoms with Crippen LogP contribution in [0.1, 0.15) is 5.56 Å². The van der Waals surface area contributed by atoms with E-state index in [2.05, 4.69) is 54.2 Å². The Hall–Kier alpha value is -0.680. The van der Waals surface area contributed by atoms with Crippen LogP contribution in [0.3, 0.4) is 0 Å². The molecule has 0 saturated carbocycles. The molecule has 2 aromatic rings. The van der Waals surface area contributed by atoms with Crippen molar-refractivity contribution in [3.63, 3.8) is 0 Å². The minimum absolute atomic E-state index is 0.746. The lowest BCUT2D eigenvalue weighted by molar-refractivity contribution is 0.533. The fourth-order valence-electron chi connectivity index (χ4n) is 1.28. The van der Waals surface area contributed by atoms with Gasteiger partial charge in [-0.2, -0.15) is 4.80 Å². The van der Waals surface area contributed by atoms with Gasteiger partial charge in [-0.15, -0.1) is 10.2 Å². The van der Waals surface area contributed by atoms with Crippen molar-refractivity contribution in [2.75, 3.05) is 0 Å². The second-order valence-electron chi connectivity index (χ2n) is 3.11. The van der Waals surface area contributed by atoms with Crippen LogP contribution in [0, 0.1) is 0 Å². The van der Waals surface area contributed by atoms with Crippen molar-refractivity contribution in [3.05, 3.63) is 45.1 Å². The molecule has 0 unspecified atom stereocenters. The number of hydrogen-bond donors (Lipinski definition) is 0. The molecule has 1 aromatic carbocycles. The second-order valence-corrected chi connectivity index (χ2v) is 4.62. The molecule has 0 amide bonds. The molecule has 0 saturated heterocycles. The van der Waals surface area contributed by atoms with Crippen molar-refractivity contribution in [1.82, 2.24) is 15.0 Å². The average Bonchev–Trinajstić information content (AvgIpc) is 2.57. The van der Waals surface area contributed by atoms with Gasteiger partial charge in [-0.25, -0.2) is 0 Å². The number of halogens is 2. The van der Waals surface area contributed by atoms with Gasteiger partial charge < -0.3 is 0 Å². The van der Waals surface area contributed by atoms with E-state index < -0.39 is 0 Å². The number of hydrogen-bond acceptors (Lipinski definition) is 2. The predicted molar refractivity (Wildman–Crippen MR) is 65.6 cm³/mol. The Bertz CT molecular complexity index is 420. The Balaban J connectivity index is 1.99. The summed E-state index contributed by atoms with van der Waals surface area (Å²) in [6.45, 7) is 0.786. The van der Waals surface area contributed by atoms with E-state index in [-0.39, 0.29) is 0 Å². The first-order valence-electron chi connectivity index (χ1n) is 4.56. The molecule has 1 heterocycles. The SMILES string of the molecule is Brc1nn(CCc2ccccc2)nc1Br. The standard InChI is InChI=1S/C10H9Br2N3/c11-9-10(12)14-15(13-9)7-6-8-4-2-1-3-5-8/h1-5H,6-7H2. The van der Waals surface area contributed by atoms with Gasteiger partial charge in [-0.1, -0.05) is 30.3 Å². The van der Waals surface area contributed by atoms with E-state index in [0.29, 0.717) is 0 Å². The highest BCUT2D eigenvalue weighted by Crippen LogP contribution is 2.17. The lowest BCUT2D eigenvalue weighted by Crippen LogP contribution is -2.04. The fraction of sp³-hybridized carbons (Fsp3) is 0.200. The Labute approximate surface area is 105 Å². The zero-order valence-electron chi connectivity index (χ0n) is 7.90. The van der Waals surface area contributed by atoms with Crippen LogP contribution in [0.25, 0.3) is 0 Å². The third-order valence-electron chi connectivity index (χ3n) is 2.02. The summed E-state index contributed by atoms with van der Waals surface area (Å²) in [7, 11) is 0. The molecule has 2 rings (SSSR count). The Kier molecular flexibility index (Phi) is 3.53. The Morgan fingerprint density at radius 2 is 1.60 bits per heavy atom. The summed E-state index contributed by atoms with van der Waals surface area (Å²) in [5, 5.41) is 8.40. The molecule has 0 aliphatic carbocycles. The topological polar surface area (TPSA) is 30.7 Å². The quantitative estimate of drug-likeness (QED) is 0.866. The first-order chi connectivity index (χ1) is 7.25. The van der Waals surface area contributed by atoms with Crippen LogP contribution in [0.15, 0.2) is 39.5 Å². The Morgan fingerprint density at radius 3 is 2.20 bits per heavy atom. The molecule has 78 valence electrons. The smallest absolute Gasteiger partial charge is 0.162 e. The van der Waals surface area contributed by atoms with Crippen LogP contribution in [-0.2, 0) is 13.0 Å². The predicted octanol–water partition coefficient (Wildman–Crippen LogP) is 3.05. The van der Waals surface area contributed by atoms with Gasteiger partial charge in [-0.3, -0.25) is 0 Å².